The summed E-state index contributed by atoms with van der Waals surface area (Å²) in [6.45, 7) is 4.00. The van der Waals surface area contributed by atoms with Crippen LogP contribution in [0.3, 0.4) is 0 Å². The van der Waals surface area contributed by atoms with Gasteiger partial charge in [-0.2, -0.15) is 0 Å². The molecular weight excluding hydrogens is 284 g/mol. The van der Waals surface area contributed by atoms with Crippen molar-refractivity contribution in [3.63, 3.8) is 0 Å². The van der Waals surface area contributed by atoms with Crippen molar-refractivity contribution in [3.8, 4) is 5.75 Å². The van der Waals surface area contributed by atoms with Crippen LogP contribution in [0.2, 0.25) is 0 Å². The van der Waals surface area contributed by atoms with E-state index in [1.807, 2.05) is 37.4 Å². The lowest BCUT2D eigenvalue weighted by atomic mass is 10.3. The summed E-state index contributed by atoms with van der Waals surface area (Å²) in [6, 6.07) is 7.62. The molecule has 1 amide bonds. The Morgan fingerprint density at radius 2 is 1.95 bits per heavy atom. The molecule has 0 radical (unpaired) electrons. The van der Waals surface area contributed by atoms with Gasteiger partial charge in [0, 0.05) is 17.5 Å². The third-order valence-corrected chi connectivity index (χ3v) is 3.23. The van der Waals surface area contributed by atoms with Gasteiger partial charge >= 0.3 is 0 Å². The van der Waals surface area contributed by atoms with Crippen LogP contribution < -0.4 is 15.8 Å². The summed E-state index contributed by atoms with van der Waals surface area (Å²) in [4.78, 5) is 12.9. The topological polar surface area (TPSA) is 64.3 Å². The number of hydrogen-bond acceptors (Lipinski definition) is 4. The van der Waals surface area contributed by atoms with Crippen molar-refractivity contribution in [3.05, 3.63) is 24.3 Å². The van der Waals surface area contributed by atoms with Gasteiger partial charge in [0.2, 0.25) is 0 Å². The second-order valence-electron chi connectivity index (χ2n) is 4.08. The van der Waals surface area contributed by atoms with E-state index in [0.29, 0.717) is 12.3 Å². The lowest BCUT2D eigenvalue weighted by Crippen LogP contribution is -2.44. The van der Waals surface area contributed by atoms with Gasteiger partial charge in [0.25, 0.3) is 5.91 Å². The molecule has 0 bridgehead atoms. The SMILES string of the molecule is CSc1ccc(OC(C)C(=O)N[C@@H](C)CN)cc1.Cl. The summed E-state index contributed by atoms with van der Waals surface area (Å²) < 4.78 is 5.56. The number of hydrogen-bond donors (Lipinski definition) is 2. The fourth-order valence-electron chi connectivity index (χ4n) is 1.33. The molecule has 1 unspecified atom stereocenters. The van der Waals surface area contributed by atoms with Crippen LogP contribution in [0, 0.1) is 0 Å². The Morgan fingerprint density at radius 3 is 2.42 bits per heavy atom. The highest BCUT2D eigenvalue weighted by Crippen LogP contribution is 2.19. The summed E-state index contributed by atoms with van der Waals surface area (Å²) in [5, 5.41) is 2.78. The molecule has 2 atom stereocenters. The number of ether oxygens (including phenoxy) is 1. The first-order valence-electron chi connectivity index (χ1n) is 5.88. The van der Waals surface area contributed by atoms with Crippen molar-refractivity contribution in [1.82, 2.24) is 5.32 Å². The van der Waals surface area contributed by atoms with Crippen LogP contribution in [0.25, 0.3) is 0 Å². The monoisotopic (exact) mass is 304 g/mol. The molecule has 1 aromatic carbocycles. The first-order valence-corrected chi connectivity index (χ1v) is 7.10. The second-order valence-corrected chi connectivity index (χ2v) is 4.96. The Kier molecular flexibility index (Phi) is 8.63. The maximum absolute atomic E-state index is 11.7. The molecule has 0 heterocycles. The highest BCUT2D eigenvalue weighted by molar-refractivity contribution is 7.98. The van der Waals surface area contributed by atoms with E-state index in [1.165, 1.54) is 0 Å². The van der Waals surface area contributed by atoms with Crippen LogP contribution in [0.5, 0.6) is 5.75 Å². The van der Waals surface area contributed by atoms with Crippen LogP contribution in [0.1, 0.15) is 13.8 Å². The molecule has 4 nitrogen and oxygen atoms in total. The number of rotatable bonds is 6. The number of thioether (sulfide) groups is 1. The van der Waals surface area contributed by atoms with E-state index in [1.54, 1.807) is 18.7 Å². The third kappa shape index (κ3) is 6.18. The van der Waals surface area contributed by atoms with E-state index in [0.717, 1.165) is 4.90 Å². The van der Waals surface area contributed by atoms with Crippen molar-refractivity contribution < 1.29 is 9.53 Å². The Balaban J connectivity index is 0.00000324. The predicted octanol–water partition coefficient (Wildman–Crippen LogP) is 2.06. The van der Waals surface area contributed by atoms with Crippen LogP contribution in [-0.4, -0.2) is 30.9 Å². The fourth-order valence-corrected chi connectivity index (χ4v) is 1.74. The first kappa shape index (κ1) is 18.1. The van der Waals surface area contributed by atoms with Gasteiger partial charge < -0.3 is 15.8 Å². The Morgan fingerprint density at radius 1 is 1.37 bits per heavy atom. The second kappa shape index (κ2) is 9.07. The van der Waals surface area contributed by atoms with E-state index in [4.69, 9.17) is 10.5 Å². The standard InChI is InChI=1S/C13H20N2O2S.ClH/c1-9(8-14)15-13(16)10(2)17-11-4-6-12(18-3)7-5-11;/h4-7,9-10H,8,14H2,1-3H3,(H,15,16);1H/t9-,10?;/m0./s1. The average molecular weight is 305 g/mol. The minimum Gasteiger partial charge on any atom is -0.481 e. The minimum absolute atomic E-state index is 0. The van der Waals surface area contributed by atoms with Crippen molar-refractivity contribution >= 4 is 30.1 Å². The normalized spacial score (nSPS) is 13.1. The van der Waals surface area contributed by atoms with Crippen molar-refractivity contribution in [2.45, 2.75) is 30.9 Å². The highest BCUT2D eigenvalue weighted by atomic mass is 35.5. The van der Waals surface area contributed by atoms with Crippen LogP contribution in [0.15, 0.2) is 29.2 Å². The molecule has 0 saturated carbocycles. The predicted molar refractivity (Wildman–Crippen MR) is 82.2 cm³/mol. The molecule has 108 valence electrons. The number of nitrogens with one attached hydrogen (secondary N) is 1. The number of carbonyl (C=O) groups is 1. The zero-order valence-corrected chi connectivity index (χ0v) is 13.0. The van der Waals surface area contributed by atoms with Crippen molar-refractivity contribution in [1.29, 1.82) is 0 Å². The number of benzene rings is 1. The Labute approximate surface area is 124 Å². The summed E-state index contributed by atoms with van der Waals surface area (Å²) in [6.07, 6.45) is 1.49. The molecule has 1 aromatic rings. The molecule has 0 fully saturated rings. The van der Waals surface area contributed by atoms with E-state index in [9.17, 15) is 4.79 Å². The molecule has 0 aromatic heterocycles. The maximum atomic E-state index is 11.7. The van der Waals surface area contributed by atoms with Gasteiger partial charge in [-0.25, -0.2) is 0 Å². The van der Waals surface area contributed by atoms with Gasteiger partial charge in [0.05, 0.1) is 0 Å². The van der Waals surface area contributed by atoms with Crippen LogP contribution in [-0.2, 0) is 4.79 Å². The van der Waals surface area contributed by atoms with Crippen LogP contribution in [0.4, 0.5) is 0 Å². The first-order chi connectivity index (χ1) is 8.56. The molecule has 0 aliphatic rings. The third-order valence-electron chi connectivity index (χ3n) is 2.48. The average Bonchev–Trinajstić information content (AvgIpc) is 2.39. The molecule has 0 aliphatic heterocycles. The van der Waals surface area contributed by atoms with E-state index < -0.39 is 6.10 Å². The molecule has 19 heavy (non-hydrogen) atoms. The summed E-state index contributed by atoms with van der Waals surface area (Å²) in [7, 11) is 0. The lowest BCUT2D eigenvalue weighted by molar-refractivity contribution is -0.127. The number of halogens is 1. The Bertz CT molecular complexity index is 387. The van der Waals surface area contributed by atoms with E-state index in [2.05, 4.69) is 5.32 Å². The summed E-state index contributed by atoms with van der Waals surface area (Å²) >= 11 is 1.67. The maximum Gasteiger partial charge on any atom is 0.261 e. The van der Waals surface area contributed by atoms with Gasteiger partial charge in [0.15, 0.2) is 6.10 Å². The number of nitrogens with two attached hydrogens (primary N) is 1. The lowest BCUT2D eigenvalue weighted by Gasteiger charge is -2.17. The molecule has 0 saturated heterocycles. The molecular formula is C13H21ClN2O2S. The molecule has 6 heteroatoms. The summed E-state index contributed by atoms with van der Waals surface area (Å²) in [5.74, 6) is 0.540. The molecule has 3 N–H and O–H groups in total. The fraction of sp³-hybridized carbons (Fsp3) is 0.462. The van der Waals surface area contributed by atoms with Gasteiger partial charge in [-0.3, -0.25) is 4.79 Å². The van der Waals surface area contributed by atoms with Gasteiger partial charge in [-0.15, -0.1) is 24.2 Å². The zero-order valence-electron chi connectivity index (χ0n) is 11.4. The molecule has 0 aliphatic carbocycles. The number of amides is 1. The van der Waals surface area contributed by atoms with Gasteiger partial charge in [0.1, 0.15) is 5.75 Å². The highest BCUT2D eigenvalue weighted by Gasteiger charge is 2.16. The zero-order chi connectivity index (χ0) is 13.5. The van der Waals surface area contributed by atoms with Gasteiger partial charge in [-0.1, -0.05) is 0 Å². The van der Waals surface area contributed by atoms with E-state index >= 15 is 0 Å². The van der Waals surface area contributed by atoms with Gasteiger partial charge in [-0.05, 0) is 44.4 Å². The van der Waals surface area contributed by atoms with Crippen LogP contribution >= 0.6 is 24.2 Å². The molecule has 1 rings (SSSR count). The minimum atomic E-state index is -0.529. The smallest absolute Gasteiger partial charge is 0.261 e. The number of carbonyl (C=O) groups excluding carboxylic acids is 1. The van der Waals surface area contributed by atoms with Crippen molar-refractivity contribution in [2.75, 3.05) is 12.8 Å². The van der Waals surface area contributed by atoms with Crippen molar-refractivity contribution in [2.24, 2.45) is 5.73 Å². The summed E-state index contributed by atoms with van der Waals surface area (Å²) in [5.41, 5.74) is 5.45. The van der Waals surface area contributed by atoms with E-state index in [-0.39, 0.29) is 24.4 Å². The quantitative estimate of drug-likeness (QED) is 0.790. The Hall–Kier alpha value is -0.910. The largest absolute Gasteiger partial charge is 0.481 e. The molecule has 0 spiro atoms.